The van der Waals surface area contributed by atoms with Crippen LogP contribution >= 0.6 is 0 Å². The summed E-state index contributed by atoms with van der Waals surface area (Å²) in [4.78, 5) is 0. The van der Waals surface area contributed by atoms with Crippen LogP contribution in [0.4, 0.5) is 0 Å². The molecule has 0 aromatic rings. The summed E-state index contributed by atoms with van der Waals surface area (Å²) in [6.45, 7) is 0. The van der Waals surface area contributed by atoms with Gasteiger partial charge in [0, 0.05) is 0 Å². The van der Waals surface area contributed by atoms with Crippen LogP contribution in [0.5, 0.6) is 0 Å². The van der Waals surface area contributed by atoms with E-state index in [1.807, 2.05) is 0 Å². The van der Waals surface area contributed by atoms with Crippen LogP contribution in [0.25, 0.3) is 0 Å². The molecular weight excluding hydrogens is 188 g/mol. The second-order valence-electron chi connectivity index (χ2n) is 0. The SMILES string of the molecule is [Br-].[Cl-].[Li+].[Zn+2]. The normalized spacial score (nSPS) is 0. The van der Waals surface area contributed by atoms with E-state index in [2.05, 4.69) is 0 Å². The number of hydrogen-bond acceptors (Lipinski definition) is 0. The van der Waals surface area contributed by atoms with Gasteiger partial charge in [0.1, 0.15) is 0 Å². The van der Waals surface area contributed by atoms with Crippen molar-refractivity contribution in [3.05, 3.63) is 0 Å². The minimum atomic E-state index is 0. The Morgan fingerprint density at radius 3 is 1.00 bits per heavy atom. The van der Waals surface area contributed by atoms with Crippen molar-refractivity contribution < 1.29 is 67.7 Å². The Kier molecular flexibility index (Phi) is 189. The average molecular weight is 188 g/mol. The molecule has 0 unspecified atom stereocenters. The molecule has 0 rings (SSSR count). The maximum absolute atomic E-state index is 0. The molecule has 0 saturated heterocycles. The molecule has 0 aromatic carbocycles. The van der Waals surface area contributed by atoms with E-state index >= 15 is 0 Å². The fourth-order valence-corrected chi connectivity index (χ4v) is 0. The Morgan fingerprint density at radius 1 is 1.00 bits per heavy atom. The third-order valence-corrected chi connectivity index (χ3v) is 0. The number of rotatable bonds is 0. The molecule has 0 nitrogen and oxygen atoms in total. The molecule has 0 aromatic heterocycles. The van der Waals surface area contributed by atoms with Crippen molar-refractivity contribution in [1.29, 1.82) is 0 Å². The van der Waals surface area contributed by atoms with Gasteiger partial charge in [-0.1, -0.05) is 0 Å². The monoisotopic (exact) mass is 185 g/mol. The third kappa shape index (κ3) is 9.01. The van der Waals surface area contributed by atoms with E-state index in [4.69, 9.17) is 0 Å². The molecule has 0 atom stereocenters. The van der Waals surface area contributed by atoms with E-state index in [-0.39, 0.29) is 67.7 Å². The topological polar surface area (TPSA) is 0 Å². The van der Waals surface area contributed by atoms with Crippen LogP contribution in [-0.2, 0) is 19.5 Å². The van der Waals surface area contributed by atoms with Gasteiger partial charge in [0.25, 0.3) is 0 Å². The van der Waals surface area contributed by atoms with E-state index in [0.29, 0.717) is 0 Å². The van der Waals surface area contributed by atoms with Gasteiger partial charge in [-0.15, -0.1) is 0 Å². The van der Waals surface area contributed by atoms with Crippen LogP contribution in [-0.4, -0.2) is 0 Å². The Morgan fingerprint density at radius 2 is 1.00 bits per heavy atom. The van der Waals surface area contributed by atoms with Crippen LogP contribution in [0.1, 0.15) is 0 Å². The second-order valence-corrected chi connectivity index (χ2v) is 0. The fraction of sp³-hybridized carbons (Fsp3) is 0. The van der Waals surface area contributed by atoms with E-state index in [1.165, 1.54) is 0 Å². The molecule has 0 heterocycles. The van der Waals surface area contributed by atoms with Gasteiger partial charge in [-0.3, -0.25) is 0 Å². The molecule has 0 aliphatic rings. The summed E-state index contributed by atoms with van der Waals surface area (Å²) in [5.74, 6) is 0. The van der Waals surface area contributed by atoms with Crippen molar-refractivity contribution in [3.8, 4) is 0 Å². The zero-order chi connectivity index (χ0) is 0. The minimum Gasteiger partial charge on any atom is -1.00 e. The first kappa shape index (κ1) is 37.7. The molecule has 4 heavy (non-hydrogen) atoms. The van der Waals surface area contributed by atoms with Crippen molar-refractivity contribution in [3.63, 3.8) is 0 Å². The number of halogens is 2. The van der Waals surface area contributed by atoms with E-state index in [0.717, 1.165) is 0 Å². The summed E-state index contributed by atoms with van der Waals surface area (Å²) in [6.07, 6.45) is 0. The van der Waals surface area contributed by atoms with Crippen LogP contribution < -0.4 is 48.2 Å². The molecule has 0 bridgehead atoms. The first-order chi connectivity index (χ1) is 0. The molecule has 0 fully saturated rings. The van der Waals surface area contributed by atoms with Crippen LogP contribution in [0, 0.1) is 0 Å². The summed E-state index contributed by atoms with van der Waals surface area (Å²) < 4.78 is 0. The van der Waals surface area contributed by atoms with Crippen LogP contribution in [0.15, 0.2) is 0 Å². The first-order valence-corrected chi connectivity index (χ1v) is 0. The summed E-state index contributed by atoms with van der Waals surface area (Å²) in [7, 11) is 0. The van der Waals surface area contributed by atoms with Gasteiger partial charge < -0.3 is 29.4 Å². The van der Waals surface area contributed by atoms with E-state index in [9.17, 15) is 0 Å². The molecule has 0 radical (unpaired) electrons. The molecule has 0 spiro atoms. The summed E-state index contributed by atoms with van der Waals surface area (Å²) in [6, 6.07) is 0. The molecule has 0 aliphatic heterocycles. The van der Waals surface area contributed by atoms with Crippen molar-refractivity contribution in [2.24, 2.45) is 0 Å². The Bertz CT molecular complexity index is 8.00. The molecule has 0 N–H and O–H groups in total. The first-order valence-electron chi connectivity index (χ1n) is 0. The van der Waals surface area contributed by atoms with Gasteiger partial charge >= 0.3 is 38.3 Å². The van der Waals surface area contributed by atoms with E-state index < -0.39 is 0 Å². The predicted molar refractivity (Wildman–Crippen MR) is 0 cm³/mol. The van der Waals surface area contributed by atoms with Gasteiger partial charge in [0.15, 0.2) is 0 Å². The minimum absolute atomic E-state index is 0. The smallest absolute Gasteiger partial charge is 1.00 e. The predicted octanol–water partition coefficient (Wildman–Crippen LogP) is -8.99. The van der Waals surface area contributed by atoms with Gasteiger partial charge in [0.2, 0.25) is 0 Å². The quantitative estimate of drug-likeness (QED) is 0.331. The average Bonchev–Trinajstić information content (AvgIpc) is 0. The zero-order valence-corrected chi connectivity index (χ0v) is 7.77. The molecule has 16 valence electrons. The van der Waals surface area contributed by atoms with Crippen molar-refractivity contribution in [2.75, 3.05) is 0 Å². The van der Waals surface area contributed by atoms with Gasteiger partial charge in [-0.2, -0.15) is 0 Å². The Balaban J connectivity index is 0. The Hall–Kier alpha value is 1.99. The molecular formula is BrClLiZn+. The molecule has 0 aliphatic carbocycles. The van der Waals surface area contributed by atoms with Gasteiger partial charge in [-0.05, 0) is 0 Å². The number of hydrogen-bond donors (Lipinski definition) is 0. The van der Waals surface area contributed by atoms with Crippen LogP contribution in [0.2, 0.25) is 0 Å². The van der Waals surface area contributed by atoms with Gasteiger partial charge in [0.05, 0.1) is 0 Å². The standard InChI is InChI=1S/BrH.ClH.Li.Zn/h2*1H;;/q;;+1;+2/p-2. The second kappa shape index (κ2) is 20.1. The van der Waals surface area contributed by atoms with Crippen molar-refractivity contribution in [1.82, 2.24) is 0 Å². The molecule has 4 heteroatoms. The summed E-state index contributed by atoms with van der Waals surface area (Å²) in [5.41, 5.74) is 0. The third-order valence-electron chi connectivity index (χ3n) is 0. The summed E-state index contributed by atoms with van der Waals surface area (Å²) >= 11 is 0. The largest absolute Gasteiger partial charge is 2.00 e. The molecule has 0 saturated carbocycles. The maximum Gasteiger partial charge on any atom is 2.00 e. The fourth-order valence-electron chi connectivity index (χ4n) is 0. The van der Waals surface area contributed by atoms with Crippen molar-refractivity contribution >= 4 is 0 Å². The summed E-state index contributed by atoms with van der Waals surface area (Å²) in [5, 5.41) is 0. The van der Waals surface area contributed by atoms with Crippen molar-refractivity contribution in [2.45, 2.75) is 0 Å². The maximum atomic E-state index is 0. The van der Waals surface area contributed by atoms with E-state index in [1.54, 1.807) is 0 Å². The Labute approximate surface area is 67.2 Å². The molecule has 0 amide bonds. The van der Waals surface area contributed by atoms with Gasteiger partial charge in [-0.25, -0.2) is 0 Å². The van der Waals surface area contributed by atoms with Crippen LogP contribution in [0.3, 0.4) is 0 Å². The zero-order valence-electron chi connectivity index (χ0n) is 2.46.